The number of rotatable bonds is 6. The monoisotopic (exact) mass is 309 g/mol. The number of aliphatic hydroxyl groups excluding tert-OH is 4. The summed E-state index contributed by atoms with van der Waals surface area (Å²) in [6.45, 7) is -0.650. The third kappa shape index (κ3) is 4.59. The molecule has 0 spiro atoms. The van der Waals surface area contributed by atoms with Gasteiger partial charge in [0.2, 0.25) is 6.29 Å². The number of hydrogen-bond donors (Lipinski definition) is 6. The second-order valence-corrected chi connectivity index (χ2v) is 4.67. The average Bonchev–Trinajstić information content (AvgIpc) is 2.45. The summed E-state index contributed by atoms with van der Waals surface area (Å²) >= 11 is 0. The van der Waals surface area contributed by atoms with E-state index in [2.05, 4.69) is 0 Å². The van der Waals surface area contributed by atoms with Crippen molar-refractivity contribution in [2.75, 3.05) is 6.61 Å². The number of carboxylic acids is 1. The van der Waals surface area contributed by atoms with Crippen LogP contribution in [0.15, 0.2) is 0 Å². The summed E-state index contributed by atoms with van der Waals surface area (Å²) < 4.78 is 9.70. The topological polar surface area (TPSA) is 180 Å². The van der Waals surface area contributed by atoms with Gasteiger partial charge in [-0.1, -0.05) is 0 Å². The van der Waals surface area contributed by atoms with E-state index in [4.69, 9.17) is 25.4 Å². The van der Waals surface area contributed by atoms with Gasteiger partial charge in [0.05, 0.1) is 6.61 Å². The Labute approximate surface area is 119 Å². The van der Waals surface area contributed by atoms with Crippen LogP contribution in [0.25, 0.3) is 0 Å². The van der Waals surface area contributed by atoms with Crippen molar-refractivity contribution >= 4 is 11.9 Å². The van der Waals surface area contributed by atoms with Gasteiger partial charge < -0.3 is 40.7 Å². The van der Waals surface area contributed by atoms with Crippen molar-refractivity contribution in [1.29, 1.82) is 0 Å². The first-order chi connectivity index (χ1) is 9.77. The largest absolute Gasteiger partial charge is 0.480 e. The van der Waals surface area contributed by atoms with Crippen LogP contribution in [0.5, 0.6) is 0 Å². The number of aliphatic hydroxyl groups is 4. The van der Waals surface area contributed by atoms with Gasteiger partial charge in [0.1, 0.15) is 30.5 Å². The Morgan fingerprint density at radius 2 is 1.81 bits per heavy atom. The van der Waals surface area contributed by atoms with Crippen LogP contribution in [0.4, 0.5) is 0 Å². The zero-order valence-corrected chi connectivity index (χ0v) is 11.0. The minimum absolute atomic E-state index is 0.175. The van der Waals surface area contributed by atoms with Gasteiger partial charge in [-0.3, -0.25) is 9.59 Å². The third-order valence-electron chi connectivity index (χ3n) is 3.07. The van der Waals surface area contributed by atoms with E-state index in [1.54, 1.807) is 0 Å². The Kier molecular flexibility index (Phi) is 6.45. The number of esters is 1. The quantitative estimate of drug-likeness (QED) is 0.270. The van der Waals surface area contributed by atoms with Crippen LogP contribution in [-0.2, 0) is 19.1 Å². The van der Waals surface area contributed by atoms with E-state index in [1.165, 1.54) is 0 Å². The van der Waals surface area contributed by atoms with E-state index in [9.17, 15) is 24.9 Å². The van der Waals surface area contributed by atoms with Gasteiger partial charge >= 0.3 is 11.9 Å². The molecule has 1 aliphatic heterocycles. The predicted molar refractivity (Wildman–Crippen MR) is 64.7 cm³/mol. The van der Waals surface area contributed by atoms with Gasteiger partial charge in [0.15, 0.2) is 0 Å². The van der Waals surface area contributed by atoms with Crippen LogP contribution in [-0.4, -0.2) is 80.8 Å². The molecular weight excluding hydrogens is 290 g/mol. The molecule has 0 radical (unpaired) electrons. The summed E-state index contributed by atoms with van der Waals surface area (Å²) in [6.07, 6.45) is -8.18. The fourth-order valence-corrected chi connectivity index (χ4v) is 1.75. The number of ether oxygens (including phenoxy) is 2. The van der Waals surface area contributed by atoms with Gasteiger partial charge in [0.25, 0.3) is 0 Å². The third-order valence-corrected chi connectivity index (χ3v) is 3.07. The van der Waals surface area contributed by atoms with Crippen molar-refractivity contribution in [3.05, 3.63) is 0 Å². The molecule has 0 saturated carbocycles. The number of aliphatic carboxylic acids is 1. The zero-order valence-electron chi connectivity index (χ0n) is 11.0. The molecule has 0 amide bonds. The van der Waals surface area contributed by atoms with E-state index in [0.717, 1.165) is 0 Å². The number of hydrogen-bond acceptors (Lipinski definition) is 9. The van der Waals surface area contributed by atoms with Crippen LogP contribution in [0, 0.1) is 0 Å². The highest BCUT2D eigenvalue weighted by Gasteiger charge is 2.45. The molecule has 1 saturated heterocycles. The predicted octanol–water partition coefficient (Wildman–Crippen LogP) is -3.48. The molecule has 2 unspecified atom stereocenters. The Morgan fingerprint density at radius 3 is 2.33 bits per heavy atom. The fraction of sp³-hybridized carbons (Fsp3) is 0.818. The van der Waals surface area contributed by atoms with E-state index in [-0.39, 0.29) is 12.8 Å². The maximum atomic E-state index is 11.5. The number of carbonyl (C=O) groups is 2. The molecular formula is C11H19NO9. The SMILES string of the molecule is NC(CCC(=O)OC1O[C@H](CO)[C@@H](O)[C@H](O)[C@H]1O)C(=O)O. The normalized spacial score (nSPS) is 34.2. The summed E-state index contributed by atoms with van der Waals surface area (Å²) in [5.74, 6) is -2.16. The van der Waals surface area contributed by atoms with Crippen LogP contribution < -0.4 is 5.73 Å². The van der Waals surface area contributed by atoms with Crippen molar-refractivity contribution in [2.45, 2.75) is 49.6 Å². The van der Waals surface area contributed by atoms with E-state index < -0.39 is 55.3 Å². The molecule has 6 atom stereocenters. The summed E-state index contributed by atoms with van der Waals surface area (Å²) in [5.41, 5.74) is 5.22. The van der Waals surface area contributed by atoms with Crippen molar-refractivity contribution in [3.8, 4) is 0 Å². The maximum Gasteiger partial charge on any atom is 0.320 e. The van der Waals surface area contributed by atoms with Gasteiger partial charge in [-0.15, -0.1) is 0 Å². The first kappa shape index (κ1) is 17.8. The Morgan fingerprint density at radius 1 is 1.19 bits per heavy atom. The lowest BCUT2D eigenvalue weighted by atomic mass is 9.99. The number of carboxylic acid groups (broad SMARTS) is 1. The molecule has 122 valence electrons. The molecule has 1 fully saturated rings. The molecule has 21 heavy (non-hydrogen) atoms. The minimum atomic E-state index is -1.69. The fourth-order valence-electron chi connectivity index (χ4n) is 1.75. The van der Waals surface area contributed by atoms with Crippen LogP contribution in [0.3, 0.4) is 0 Å². The maximum absolute atomic E-state index is 11.5. The smallest absolute Gasteiger partial charge is 0.320 e. The van der Waals surface area contributed by atoms with E-state index >= 15 is 0 Å². The summed E-state index contributed by atoms with van der Waals surface area (Å²) in [7, 11) is 0. The molecule has 0 aromatic carbocycles. The molecule has 10 nitrogen and oxygen atoms in total. The summed E-state index contributed by atoms with van der Waals surface area (Å²) in [4.78, 5) is 22.0. The first-order valence-corrected chi connectivity index (χ1v) is 6.26. The molecule has 0 aliphatic carbocycles. The Hall–Kier alpha value is -1.30. The lowest BCUT2D eigenvalue weighted by Crippen LogP contribution is -2.59. The van der Waals surface area contributed by atoms with Crippen molar-refractivity contribution in [1.82, 2.24) is 0 Å². The lowest BCUT2D eigenvalue weighted by molar-refractivity contribution is -0.292. The average molecular weight is 309 g/mol. The van der Waals surface area contributed by atoms with E-state index in [1.807, 2.05) is 0 Å². The number of carbonyl (C=O) groups excluding carboxylic acids is 1. The molecule has 1 aliphatic rings. The zero-order chi connectivity index (χ0) is 16.2. The minimum Gasteiger partial charge on any atom is -0.480 e. The molecule has 0 aromatic heterocycles. The Balaban J connectivity index is 2.52. The highest BCUT2D eigenvalue weighted by atomic mass is 16.7. The van der Waals surface area contributed by atoms with Crippen LogP contribution in [0.1, 0.15) is 12.8 Å². The van der Waals surface area contributed by atoms with Crippen molar-refractivity contribution < 1.29 is 44.6 Å². The summed E-state index contributed by atoms with van der Waals surface area (Å²) in [6, 6.07) is -1.23. The van der Waals surface area contributed by atoms with Crippen LogP contribution in [0.2, 0.25) is 0 Å². The second kappa shape index (κ2) is 7.64. The molecule has 10 heteroatoms. The Bertz CT molecular complexity index is 375. The van der Waals surface area contributed by atoms with Gasteiger partial charge in [-0.05, 0) is 6.42 Å². The van der Waals surface area contributed by atoms with Gasteiger partial charge in [0, 0.05) is 6.42 Å². The standard InChI is InChI=1S/C11H19NO9/c12-4(10(18)19)1-2-6(14)21-11-9(17)8(16)7(15)5(3-13)20-11/h4-5,7-9,11,13,15-17H,1-3,12H2,(H,18,19)/t4?,5-,7-,8+,9-,11?/m1/s1. The molecule has 0 aromatic rings. The van der Waals surface area contributed by atoms with Crippen molar-refractivity contribution in [3.63, 3.8) is 0 Å². The summed E-state index contributed by atoms with van der Waals surface area (Å²) in [5, 5.41) is 46.2. The molecule has 1 heterocycles. The van der Waals surface area contributed by atoms with Gasteiger partial charge in [-0.25, -0.2) is 0 Å². The second-order valence-electron chi connectivity index (χ2n) is 4.67. The first-order valence-electron chi connectivity index (χ1n) is 6.26. The highest BCUT2D eigenvalue weighted by molar-refractivity contribution is 5.75. The van der Waals surface area contributed by atoms with Gasteiger partial charge in [-0.2, -0.15) is 0 Å². The highest BCUT2D eigenvalue weighted by Crippen LogP contribution is 2.22. The van der Waals surface area contributed by atoms with Crippen molar-refractivity contribution in [2.24, 2.45) is 5.73 Å². The lowest BCUT2D eigenvalue weighted by Gasteiger charge is -2.39. The molecule has 7 N–H and O–H groups in total. The number of nitrogens with two attached hydrogens (primary N) is 1. The van der Waals surface area contributed by atoms with Crippen LogP contribution >= 0.6 is 0 Å². The molecule has 0 bridgehead atoms. The van der Waals surface area contributed by atoms with E-state index in [0.29, 0.717) is 0 Å². The molecule has 1 rings (SSSR count).